The molecule has 1 atom stereocenters. The molecule has 4 nitrogen and oxygen atoms in total. The molecule has 1 aromatic carbocycles. The van der Waals surface area contributed by atoms with Gasteiger partial charge in [-0.3, -0.25) is 4.68 Å². The minimum Gasteiger partial charge on any atom is -0.493 e. The van der Waals surface area contributed by atoms with E-state index in [2.05, 4.69) is 41.6 Å². The van der Waals surface area contributed by atoms with Crippen LogP contribution in [0.3, 0.4) is 0 Å². The van der Waals surface area contributed by atoms with Crippen molar-refractivity contribution in [3.05, 3.63) is 47.3 Å². The van der Waals surface area contributed by atoms with Gasteiger partial charge in [-0.2, -0.15) is 5.10 Å². The number of hydrogen-bond acceptors (Lipinski definition) is 3. The number of aromatic nitrogens is 2. The van der Waals surface area contributed by atoms with Crippen molar-refractivity contribution in [2.24, 2.45) is 0 Å². The Bertz CT molecular complexity index is 555. The maximum Gasteiger partial charge on any atom is 0.160 e. The van der Waals surface area contributed by atoms with Crippen molar-refractivity contribution < 1.29 is 4.74 Å². The van der Waals surface area contributed by atoms with E-state index in [1.807, 2.05) is 10.9 Å². The molecule has 4 heteroatoms. The van der Waals surface area contributed by atoms with Crippen LogP contribution in [0.1, 0.15) is 29.7 Å². The molecule has 0 radical (unpaired) electrons. The summed E-state index contributed by atoms with van der Waals surface area (Å²) < 4.78 is 7.52. The number of nitrogens with one attached hydrogen (secondary N) is 1. The molecule has 100 valence electrons. The third-order valence-electron chi connectivity index (χ3n) is 3.79. The highest BCUT2D eigenvalue weighted by Gasteiger charge is 2.27. The number of fused-ring (bicyclic) bond motifs is 1. The summed E-state index contributed by atoms with van der Waals surface area (Å²) in [4.78, 5) is 0. The summed E-state index contributed by atoms with van der Waals surface area (Å²) in [6.45, 7) is 4.84. The Morgan fingerprint density at radius 3 is 3.05 bits per heavy atom. The predicted molar refractivity (Wildman–Crippen MR) is 74.4 cm³/mol. The average molecular weight is 257 g/mol. The lowest BCUT2D eigenvalue weighted by atomic mass is 9.88. The van der Waals surface area contributed by atoms with Gasteiger partial charge in [0.15, 0.2) is 5.75 Å². The molecule has 2 heterocycles. The third kappa shape index (κ3) is 2.02. The van der Waals surface area contributed by atoms with Crippen LogP contribution in [0.15, 0.2) is 30.5 Å². The number of ether oxygens (including phenoxy) is 1. The fourth-order valence-electron chi connectivity index (χ4n) is 2.88. The lowest BCUT2D eigenvalue weighted by molar-refractivity contribution is 0.401. The summed E-state index contributed by atoms with van der Waals surface area (Å²) in [6.07, 6.45) is 1.82. The first-order valence-corrected chi connectivity index (χ1v) is 6.73. The SMILES string of the molecule is CCn1ncc(OC)c1C1CNCc2ccccc21. The van der Waals surface area contributed by atoms with Crippen molar-refractivity contribution in [2.75, 3.05) is 13.7 Å². The molecule has 3 rings (SSSR count). The van der Waals surface area contributed by atoms with Crippen LogP contribution in [-0.2, 0) is 13.1 Å². The largest absolute Gasteiger partial charge is 0.493 e. The van der Waals surface area contributed by atoms with Crippen LogP contribution in [0.2, 0.25) is 0 Å². The van der Waals surface area contributed by atoms with E-state index in [0.717, 1.165) is 25.4 Å². The van der Waals surface area contributed by atoms with Crippen molar-refractivity contribution in [1.82, 2.24) is 15.1 Å². The van der Waals surface area contributed by atoms with Gasteiger partial charge in [0, 0.05) is 25.6 Å². The van der Waals surface area contributed by atoms with Crippen LogP contribution < -0.4 is 10.1 Å². The quantitative estimate of drug-likeness (QED) is 0.915. The topological polar surface area (TPSA) is 39.1 Å². The summed E-state index contributed by atoms with van der Waals surface area (Å²) in [6, 6.07) is 8.61. The fourth-order valence-corrected chi connectivity index (χ4v) is 2.88. The van der Waals surface area contributed by atoms with Crippen molar-refractivity contribution in [3.8, 4) is 5.75 Å². The molecule has 0 saturated carbocycles. The average Bonchev–Trinajstić information content (AvgIpc) is 2.89. The van der Waals surface area contributed by atoms with Gasteiger partial charge in [0.05, 0.1) is 19.0 Å². The molecule has 0 aliphatic carbocycles. The minimum atomic E-state index is 0.308. The van der Waals surface area contributed by atoms with Gasteiger partial charge in [-0.1, -0.05) is 24.3 Å². The molecule has 1 aliphatic rings. The Kier molecular flexibility index (Phi) is 3.25. The summed E-state index contributed by atoms with van der Waals surface area (Å²) in [7, 11) is 1.71. The van der Waals surface area contributed by atoms with Crippen LogP contribution in [0, 0.1) is 0 Å². The molecule has 0 fully saturated rings. The summed E-state index contributed by atoms with van der Waals surface area (Å²) in [5, 5.41) is 7.90. The van der Waals surface area contributed by atoms with Crippen LogP contribution in [0.4, 0.5) is 0 Å². The van der Waals surface area contributed by atoms with E-state index in [1.165, 1.54) is 16.8 Å². The Morgan fingerprint density at radius 1 is 1.42 bits per heavy atom. The van der Waals surface area contributed by atoms with Gasteiger partial charge in [-0.15, -0.1) is 0 Å². The fraction of sp³-hybridized carbons (Fsp3) is 0.400. The number of methoxy groups -OCH3 is 1. The van der Waals surface area contributed by atoms with Gasteiger partial charge >= 0.3 is 0 Å². The van der Waals surface area contributed by atoms with Gasteiger partial charge in [0.25, 0.3) is 0 Å². The maximum atomic E-state index is 5.48. The van der Waals surface area contributed by atoms with E-state index >= 15 is 0 Å². The standard InChI is InChI=1S/C15H19N3O/c1-3-18-15(14(19-2)10-17-18)13-9-16-8-11-6-4-5-7-12(11)13/h4-7,10,13,16H,3,8-9H2,1-2H3. The van der Waals surface area contributed by atoms with E-state index < -0.39 is 0 Å². The van der Waals surface area contributed by atoms with Crippen molar-refractivity contribution in [2.45, 2.75) is 25.9 Å². The zero-order valence-electron chi connectivity index (χ0n) is 11.4. The number of rotatable bonds is 3. The molecule has 1 N–H and O–H groups in total. The Balaban J connectivity index is 2.11. The van der Waals surface area contributed by atoms with E-state index in [0.29, 0.717) is 5.92 Å². The van der Waals surface area contributed by atoms with Crippen molar-refractivity contribution in [3.63, 3.8) is 0 Å². The highest BCUT2D eigenvalue weighted by Crippen LogP contribution is 2.35. The molecule has 1 unspecified atom stereocenters. The molecule has 19 heavy (non-hydrogen) atoms. The zero-order valence-corrected chi connectivity index (χ0v) is 11.4. The van der Waals surface area contributed by atoms with Crippen LogP contribution in [-0.4, -0.2) is 23.4 Å². The maximum absolute atomic E-state index is 5.48. The normalized spacial score (nSPS) is 18.1. The van der Waals surface area contributed by atoms with Gasteiger partial charge in [-0.25, -0.2) is 0 Å². The highest BCUT2D eigenvalue weighted by atomic mass is 16.5. The lowest BCUT2D eigenvalue weighted by Gasteiger charge is -2.27. The van der Waals surface area contributed by atoms with Gasteiger partial charge < -0.3 is 10.1 Å². The molecule has 1 aliphatic heterocycles. The second kappa shape index (κ2) is 5.05. The van der Waals surface area contributed by atoms with Crippen molar-refractivity contribution in [1.29, 1.82) is 0 Å². The number of benzene rings is 1. The molecule has 0 spiro atoms. The minimum absolute atomic E-state index is 0.308. The zero-order chi connectivity index (χ0) is 13.2. The second-order valence-corrected chi connectivity index (χ2v) is 4.80. The van der Waals surface area contributed by atoms with Crippen molar-refractivity contribution >= 4 is 0 Å². The van der Waals surface area contributed by atoms with Gasteiger partial charge in [-0.05, 0) is 18.1 Å². The molecule has 0 amide bonds. The van der Waals surface area contributed by atoms with Crippen LogP contribution in [0.25, 0.3) is 0 Å². The summed E-state index contributed by atoms with van der Waals surface area (Å²) in [5.41, 5.74) is 3.92. The van der Waals surface area contributed by atoms with E-state index in [1.54, 1.807) is 7.11 Å². The van der Waals surface area contributed by atoms with Gasteiger partial charge in [0.2, 0.25) is 0 Å². The molecule has 0 bridgehead atoms. The summed E-state index contributed by atoms with van der Waals surface area (Å²) >= 11 is 0. The Morgan fingerprint density at radius 2 is 2.26 bits per heavy atom. The Hall–Kier alpha value is -1.81. The smallest absolute Gasteiger partial charge is 0.160 e. The second-order valence-electron chi connectivity index (χ2n) is 4.80. The number of hydrogen-bond donors (Lipinski definition) is 1. The van der Waals surface area contributed by atoms with Crippen LogP contribution >= 0.6 is 0 Å². The molecule has 1 aromatic heterocycles. The number of nitrogens with zero attached hydrogens (tertiary/aromatic N) is 2. The van der Waals surface area contributed by atoms with Gasteiger partial charge in [0.1, 0.15) is 0 Å². The first-order valence-electron chi connectivity index (χ1n) is 6.73. The lowest BCUT2D eigenvalue weighted by Crippen LogP contribution is -2.30. The summed E-state index contributed by atoms with van der Waals surface area (Å²) in [5.74, 6) is 1.19. The van der Waals surface area contributed by atoms with Crippen LogP contribution in [0.5, 0.6) is 5.75 Å². The molecule has 2 aromatic rings. The molecular weight excluding hydrogens is 238 g/mol. The molecular formula is C15H19N3O. The predicted octanol–water partition coefficient (Wildman–Crippen LogP) is 2.15. The third-order valence-corrected chi connectivity index (χ3v) is 3.79. The first kappa shape index (κ1) is 12.2. The monoisotopic (exact) mass is 257 g/mol. The number of aryl methyl sites for hydroxylation is 1. The van der Waals surface area contributed by atoms with E-state index in [4.69, 9.17) is 4.74 Å². The highest BCUT2D eigenvalue weighted by molar-refractivity contribution is 5.42. The Labute approximate surface area is 113 Å². The first-order chi connectivity index (χ1) is 9.35. The van der Waals surface area contributed by atoms with E-state index in [-0.39, 0.29) is 0 Å². The van der Waals surface area contributed by atoms with E-state index in [9.17, 15) is 0 Å². The molecule has 0 saturated heterocycles.